The van der Waals surface area contributed by atoms with Crippen LogP contribution in [-0.2, 0) is 9.59 Å². The lowest BCUT2D eigenvalue weighted by molar-refractivity contribution is -0.124. The van der Waals surface area contributed by atoms with Crippen molar-refractivity contribution in [3.63, 3.8) is 0 Å². The van der Waals surface area contributed by atoms with Gasteiger partial charge in [0.05, 0.1) is 12.6 Å². The van der Waals surface area contributed by atoms with Gasteiger partial charge in [-0.05, 0) is 62.7 Å². The number of hydrogen-bond acceptors (Lipinski definition) is 7. The molecule has 2 aromatic carbocycles. The summed E-state index contributed by atoms with van der Waals surface area (Å²) in [5.41, 5.74) is 1.67. The van der Waals surface area contributed by atoms with E-state index in [0.717, 1.165) is 11.3 Å². The van der Waals surface area contributed by atoms with E-state index in [1.165, 1.54) is 0 Å². The molecule has 0 aliphatic carbocycles. The zero-order valence-electron chi connectivity index (χ0n) is 19.2. The minimum Gasteiger partial charge on any atom is -0.486 e. The molecule has 9 nitrogen and oxygen atoms in total. The molecule has 0 saturated carbocycles. The third-order valence-corrected chi connectivity index (χ3v) is 6.41. The first-order valence-electron chi connectivity index (χ1n) is 11.7. The van der Waals surface area contributed by atoms with Crippen molar-refractivity contribution < 1.29 is 28.5 Å². The molecule has 1 unspecified atom stereocenters. The van der Waals surface area contributed by atoms with E-state index in [0.29, 0.717) is 68.6 Å². The molecule has 0 spiro atoms. The summed E-state index contributed by atoms with van der Waals surface area (Å²) in [4.78, 5) is 27.4. The van der Waals surface area contributed by atoms with Gasteiger partial charge >= 0.3 is 0 Å². The number of carbonyl (C=O) groups is 2. The van der Waals surface area contributed by atoms with Gasteiger partial charge in [0.15, 0.2) is 23.0 Å². The predicted octanol–water partition coefficient (Wildman–Crippen LogP) is 2.71. The van der Waals surface area contributed by atoms with Crippen LogP contribution in [0.1, 0.15) is 31.4 Å². The molecule has 1 saturated heterocycles. The predicted molar refractivity (Wildman–Crippen MR) is 124 cm³/mol. The van der Waals surface area contributed by atoms with Gasteiger partial charge in [-0.1, -0.05) is 6.07 Å². The normalized spacial score (nSPS) is 18.3. The maximum atomic E-state index is 12.7. The first-order chi connectivity index (χ1) is 16.5. The number of nitrogens with one attached hydrogen (secondary N) is 2. The number of likely N-dealkylation sites (tertiary alicyclic amines) is 1. The number of benzene rings is 2. The molecule has 3 aliphatic heterocycles. The van der Waals surface area contributed by atoms with Crippen LogP contribution in [0.4, 0.5) is 5.69 Å². The Morgan fingerprint density at radius 3 is 2.44 bits per heavy atom. The molecule has 2 aromatic rings. The van der Waals surface area contributed by atoms with Gasteiger partial charge in [-0.2, -0.15) is 0 Å². The Labute approximate surface area is 198 Å². The summed E-state index contributed by atoms with van der Waals surface area (Å²) in [7, 11) is 0. The monoisotopic (exact) mass is 467 g/mol. The molecule has 1 fully saturated rings. The van der Waals surface area contributed by atoms with Crippen molar-refractivity contribution in [1.29, 1.82) is 0 Å². The molecule has 5 rings (SSSR count). The van der Waals surface area contributed by atoms with E-state index in [2.05, 4.69) is 15.5 Å². The van der Waals surface area contributed by atoms with E-state index in [4.69, 9.17) is 18.9 Å². The van der Waals surface area contributed by atoms with E-state index in [9.17, 15) is 9.59 Å². The maximum Gasteiger partial charge on any atom is 0.234 e. The number of fused-ring (bicyclic) bond motifs is 2. The van der Waals surface area contributed by atoms with Crippen LogP contribution in [0.5, 0.6) is 23.0 Å². The first kappa shape index (κ1) is 22.3. The second-order valence-electron chi connectivity index (χ2n) is 8.80. The summed E-state index contributed by atoms with van der Waals surface area (Å²) in [5.74, 6) is 2.66. The fourth-order valence-electron chi connectivity index (χ4n) is 4.47. The van der Waals surface area contributed by atoms with Crippen molar-refractivity contribution >= 4 is 17.5 Å². The second kappa shape index (κ2) is 9.80. The quantitative estimate of drug-likeness (QED) is 0.674. The molecular weight excluding hydrogens is 438 g/mol. The maximum absolute atomic E-state index is 12.7. The Kier molecular flexibility index (Phi) is 6.44. The van der Waals surface area contributed by atoms with Crippen LogP contribution in [0.25, 0.3) is 0 Å². The summed E-state index contributed by atoms with van der Waals surface area (Å²) in [6.07, 6.45) is 1.42. The van der Waals surface area contributed by atoms with Gasteiger partial charge < -0.3 is 29.6 Å². The highest BCUT2D eigenvalue weighted by Crippen LogP contribution is 2.35. The number of nitrogens with zero attached hydrogens (tertiary/aromatic N) is 1. The summed E-state index contributed by atoms with van der Waals surface area (Å²) < 4.78 is 21.9. The molecule has 2 amide bonds. The number of rotatable bonds is 6. The van der Waals surface area contributed by atoms with E-state index >= 15 is 0 Å². The molecule has 9 heteroatoms. The number of amides is 2. The number of piperidine rings is 1. The Hall–Kier alpha value is -3.46. The third-order valence-electron chi connectivity index (χ3n) is 6.41. The van der Waals surface area contributed by atoms with Crippen LogP contribution in [0.3, 0.4) is 0 Å². The summed E-state index contributed by atoms with van der Waals surface area (Å²) in [6, 6.07) is 11.0. The summed E-state index contributed by atoms with van der Waals surface area (Å²) in [6.45, 7) is 4.95. The van der Waals surface area contributed by atoms with Crippen LogP contribution in [0.2, 0.25) is 0 Å². The standard InChI is InChI=1S/C25H29N3O6/c1-16(18-2-4-20-22(12-18)32-11-10-31-20)26-24(29)14-28-8-6-17(7-9-28)25(30)27-19-3-5-21-23(13-19)34-15-33-21/h2-5,12-13,16-17H,6-11,14-15H2,1H3,(H,26,29)(H,27,30). The lowest BCUT2D eigenvalue weighted by atomic mass is 9.95. The van der Waals surface area contributed by atoms with Crippen molar-refractivity contribution in [3.8, 4) is 23.0 Å². The molecule has 1 atom stereocenters. The molecule has 3 aliphatic rings. The fraction of sp³-hybridized carbons (Fsp3) is 0.440. The summed E-state index contributed by atoms with van der Waals surface area (Å²) >= 11 is 0. The van der Waals surface area contributed by atoms with E-state index < -0.39 is 0 Å². The number of hydrogen-bond donors (Lipinski definition) is 2. The SMILES string of the molecule is CC(NC(=O)CN1CCC(C(=O)Nc2ccc3c(c2)OCO3)CC1)c1ccc2c(c1)OCCO2. The smallest absolute Gasteiger partial charge is 0.234 e. The highest BCUT2D eigenvalue weighted by atomic mass is 16.7. The Morgan fingerprint density at radius 1 is 0.941 bits per heavy atom. The highest BCUT2D eigenvalue weighted by molar-refractivity contribution is 5.93. The van der Waals surface area contributed by atoms with Crippen LogP contribution in [0.15, 0.2) is 36.4 Å². The highest BCUT2D eigenvalue weighted by Gasteiger charge is 2.27. The second-order valence-corrected chi connectivity index (χ2v) is 8.80. The van der Waals surface area contributed by atoms with Crippen molar-refractivity contribution in [2.24, 2.45) is 5.92 Å². The average Bonchev–Trinajstić information content (AvgIpc) is 3.32. The van der Waals surface area contributed by atoms with Gasteiger partial charge in [0.25, 0.3) is 0 Å². The lowest BCUT2D eigenvalue weighted by Crippen LogP contribution is -2.43. The number of ether oxygens (including phenoxy) is 4. The molecule has 0 aromatic heterocycles. The van der Waals surface area contributed by atoms with Gasteiger partial charge in [0, 0.05) is 17.7 Å². The van der Waals surface area contributed by atoms with Gasteiger partial charge in [0.2, 0.25) is 18.6 Å². The van der Waals surface area contributed by atoms with E-state index in [1.54, 1.807) is 12.1 Å². The summed E-state index contributed by atoms with van der Waals surface area (Å²) in [5, 5.41) is 6.03. The number of carbonyl (C=O) groups excluding carboxylic acids is 2. The Bertz CT molecular complexity index is 1070. The van der Waals surface area contributed by atoms with E-state index in [1.807, 2.05) is 31.2 Å². The van der Waals surface area contributed by atoms with Crippen molar-refractivity contribution in [2.75, 3.05) is 45.0 Å². The van der Waals surface area contributed by atoms with Crippen LogP contribution in [0, 0.1) is 5.92 Å². The lowest BCUT2D eigenvalue weighted by Gasteiger charge is -2.31. The van der Waals surface area contributed by atoms with Crippen molar-refractivity contribution in [2.45, 2.75) is 25.8 Å². The van der Waals surface area contributed by atoms with Crippen LogP contribution in [-0.4, -0.2) is 56.4 Å². The van der Waals surface area contributed by atoms with E-state index in [-0.39, 0.29) is 30.6 Å². The van der Waals surface area contributed by atoms with Crippen LogP contribution >= 0.6 is 0 Å². The topological polar surface area (TPSA) is 98.4 Å². The van der Waals surface area contributed by atoms with Crippen LogP contribution < -0.4 is 29.6 Å². The Balaban J connectivity index is 1.07. The van der Waals surface area contributed by atoms with Gasteiger partial charge in [-0.25, -0.2) is 0 Å². The fourth-order valence-corrected chi connectivity index (χ4v) is 4.47. The molecular formula is C25H29N3O6. The molecule has 2 N–H and O–H groups in total. The zero-order valence-corrected chi connectivity index (χ0v) is 19.2. The zero-order chi connectivity index (χ0) is 23.5. The van der Waals surface area contributed by atoms with Gasteiger partial charge in [-0.15, -0.1) is 0 Å². The minimum absolute atomic E-state index is 0.00445. The molecule has 0 bridgehead atoms. The average molecular weight is 468 g/mol. The molecule has 3 heterocycles. The minimum atomic E-state index is -0.145. The largest absolute Gasteiger partial charge is 0.486 e. The number of anilines is 1. The molecule has 180 valence electrons. The Morgan fingerprint density at radius 2 is 1.62 bits per heavy atom. The van der Waals surface area contributed by atoms with Crippen molar-refractivity contribution in [3.05, 3.63) is 42.0 Å². The molecule has 34 heavy (non-hydrogen) atoms. The van der Waals surface area contributed by atoms with Gasteiger partial charge in [0.1, 0.15) is 13.2 Å². The molecule has 0 radical (unpaired) electrons. The third kappa shape index (κ3) is 5.04. The van der Waals surface area contributed by atoms with Gasteiger partial charge in [-0.3, -0.25) is 14.5 Å². The van der Waals surface area contributed by atoms with Crippen molar-refractivity contribution in [1.82, 2.24) is 10.2 Å². The first-order valence-corrected chi connectivity index (χ1v) is 11.7.